The average Bonchev–Trinajstić information content (AvgIpc) is 2.45. The Bertz CT molecular complexity index is 614. The summed E-state index contributed by atoms with van der Waals surface area (Å²) < 4.78 is 9.78. The Morgan fingerprint density at radius 1 is 1.25 bits per heavy atom. The minimum atomic E-state index is -0.464. The lowest BCUT2D eigenvalue weighted by molar-refractivity contribution is -0.143. The van der Waals surface area contributed by atoms with Crippen LogP contribution in [0.1, 0.15) is 5.69 Å². The highest BCUT2D eigenvalue weighted by Gasteiger charge is 2.08. The molecule has 0 aliphatic heterocycles. The minimum Gasteiger partial charge on any atom is -0.466 e. The second-order valence-corrected chi connectivity index (χ2v) is 4.48. The SMILES string of the molecule is COC(=O)COc1cc(C)nc(-c2ccc(Cl)cc2)n1. The number of benzene rings is 1. The number of hydrogen-bond acceptors (Lipinski definition) is 5. The maximum absolute atomic E-state index is 11.1. The number of carbonyl (C=O) groups excluding carboxylic acids is 1. The van der Waals surface area contributed by atoms with E-state index in [1.165, 1.54) is 7.11 Å². The third-order valence-corrected chi connectivity index (χ3v) is 2.75. The van der Waals surface area contributed by atoms with E-state index in [1.807, 2.05) is 19.1 Å². The third-order valence-electron chi connectivity index (χ3n) is 2.50. The normalized spacial score (nSPS) is 10.2. The van der Waals surface area contributed by atoms with E-state index in [0.717, 1.165) is 11.3 Å². The molecule has 20 heavy (non-hydrogen) atoms. The van der Waals surface area contributed by atoms with Crippen LogP contribution in [0.5, 0.6) is 5.88 Å². The summed E-state index contributed by atoms with van der Waals surface area (Å²) >= 11 is 5.85. The summed E-state index contributed by atoms with van der Waals surface area (Å²) in [6.07, 6.45) is 0. The van der Waals surface area contributed by atoms with Gasteiger partial charge in [0.25, 0.3) is 0 Å². The van der Waals surface area contributed by atoms with Gasteiger partial charge in [0, 0.05) is 22.3 Å². The molecule has 2 aromatic rings. The average molecular weight is 293 g/mol. The molecule has 2 rings (SSSR count). The summed E-state index contributed by atoms with van der Waals surface area (Å²) in [5.74, 6) is 0.378. The predicted octanol–water partition coefficient (Wildman–Crippen LogP) is 2.66. The number of hydrogen-bond donors (Lipinski definition) is 0. The molecule has 104 valence electrons. The number of aromatic nitrogens is 2. The summed E-state index contributed by atoms with van der Waals surface area (Å²) in [6, 6.07) is 8.82. The zero-order valence-electron chi connectivity index (χ0n) is 11.1. The molecule has 0 saturated carbocycles. The predicted molar refractivity (Wildman–Crippen MR) is 74.7 cm³/mol. The van der Waals surface area contributed by atoms with Crippen LogP contribution < -0.4 is 4.74 Å². The molecule has 0 atom stereocenters. The van der Waals surface area contributed by atoms with Gasteiger partial charge >= 0.3 is 5.97 Å². The molecule has 0 aliphatic rings. The van der Waals surface area contributed by atoms with Gasteiger partial charge in [0.1, 0.15) is 0 Å². The summed E-state index contributed by atoms with van der Waals surface area (Å²) in [4.78, 5) is 19.6. The van der Waals surface area contributed by atoms with E-state index < -0.39 is 5.97 Å². The van der Waals surface area contributed by atoms with Gasteiger partial charge in [0.05, 0.1) is 7.11 Å². The van der Waals surface area contributed by atoms with Crippen molar-refractivity contribution in [1.82, 2.24) is 9.97 Å². The molecule has 0 N–H and O–H groups in total. The topological polar surface area (TPSA) is 61.3 Å². The lowest BCUT2D eigenvalue weighted by Crippen LogP contribution is -2.13. The second-order valence-electron chi connectivity index (χ2n) is 4.04. The van der Waals surface area contributed by atoms with Crippen molar-refractivity contribution in [3.05, 3.63) is 41.0 Å². The number of ether oxygens (including phenoxy) is 2. The number of esters is 1. The minimum absolute atomic E-state index is 0.187. The van der Waals surface area contributed by atoms with Gasteiger partial charge in [-0.2, -0.15) is 4.98 Å². The third kappa shape index (κ3) is 3.68. The van der Waals surface area contributed by atoms with Crippen LogP contribution in [0.15, 0.2) is 30.3 Å². The molecule has 5 nitrogen and oxygen atoms in total. The first-order valence-electron chi connectivity index (χ1n) is 5.89. The zero-order valence-corrected chi connectivity index (χ0v) is 11.8. The number of aryl methyl sites for hydroxylation is 1. The molecule has 0 unspecified atom stereocenters. The molecule has 1 aromatic heterocycles. The Morgan fingerprint density at radius 3 is 2.60 bits per heavy atom. The maximum Gasteiger partial charge on any atom is 0.343 e. The van der Waals surface area contributed by atoms with Crippen molar-refractivity contribution in [1.29, 1.82) is 0 Å². The van der Waals surface area contributed by atoms with E-state index in [0.29, 0.717) is 16.7 Å². The van der Waals surface area contributed by atoms with Crippen LogP contribution in [0.25, 0.3) is 11.4 Å². The summed E-state index contributed by atoms with van der Waals surface area (Å²) in [6.45, 7) is 1.64. The van der Waals surface area contributed by atoms with Crippen LogP contribution in [0.4, 0.5) is 0 Å². The highest BCUT2D eigenvalue weighted by molar-refractivity contribution is 6.30. The molecule has 1 aromatic carbocycles. The molecule has 0 radical (unpaired) electrons. The van der Waals surface area contributed by atoms with Crippen molar-refractivity contribution < 1.29 is 14.3 Å². The van der Waals surface area contributed by atoms with Crippen LogP contribution in [0, 0.1) is 6.92 Å². The number of carbonyl (C=O) groups is 1. The van der Waals surface area contributed by atoms with Crippen molar-refractivity contribution in [2.75, 3.05) is 13.7 Å². The van der Waals surface area contributed by atoms with Crippen molar-refractivity contribution in [3.63, 3.8) is 0 Å². The molecule has 0 saturated heterocycles. The monoisotopic (exact) mass is 292 g/mol. The second kappa shape index (κ2) is 6.34. The Hall–Kier alpha value is -2.14. The molecule has 0 fully saturated rings. The standard InChI is InChI=1S/C14H13ClN2O3/c1-9-7-12(20-8-13(18)19-2)17-14(16-9)10-3-5-11(15)6-4-10/h3-7H,8H2,1-2H3. The fourth-order valence-electron chi connectivity index (χ4n) is 1.53. The first kappa shape index (κ1) is 14.3. The summed E-state index contributed by atoms with van der Waals surface area (Å²) in [5, 5.41) is 0.642. The zero-order chi connectivity index (χ0) is 14.5. The van der Waals surface area contributed by atoms with Crippen LogP contribution >= 0.6 is 11.6 Å². The van der Waals surface area contributed by atoms with Gasteiger partial charge in [-0.3, -0.25) is 0 Å². The number of nitrogens with zero attached hydrogens (tertiary/aromatic N) is 2. The summed E-state index contributed by atoms with van der Waals surface area (Å²) in [7, 11) is 1.30. The smallest absolute Gasteiger partial charge is 0.343 e. The lowest BCUT2D eigenvalue weighted by atomic mass is 10.2. The Morgan fingerprint density at radius 2 is 1.95 bits per heavy atom. The molecule has 6 heteroatoms. The quantitative estimate of drug-likeness (QED) is 0.811. The maximum atomic E-state index is 11.1. The van der Waals surface area contributed by atoms with Crippen LogP contribution in [0.3, 0.4) is 0 Å². The fraction of sp³-hybridized carbons (Fsp3) is 0.214. The van der Waals surface area contributed by atoms with Crippen molar-refractivity contribution >= 4 is 17.6 Å². The van der Waals surface area contributed by atoms with E-state index in [9.17, 15) is 4.79 Å². The van der Waals surface area contributed by atoms with E-state index in [2.05, 4.69) is 14.7 Å². The van der Waals surface area contributed by atoms with Gasteiger partial charge in [0.15, 0.2) is 12.4 Å². The van der Waals surface area contributed by atoms with Gasteiger partial charge in [-0.1, -0.05) is 11.6 Å². The number of methoxy groups -OCH3 is 1. The number of rotatable bonds is 4. The van der Waals surface area contributed by atoms with Gasteiger partial charge in [-0.05, 0) is 31.2 Å². The van der Waals surface area contributed by atoms with E-state index in [4.69, 9.17) is 16.3 Å². The molecular weight excluding hydrogens is 280 g/mol. The Labute approximate surface area is 121 Å². The van der Waals surface area contributed by atoms with Gasteiger partial charge in [-0.15, -0.1) is 0 Å². The molecule has 0 spiro atoms. The molecular formula is C14H13ClN2O3. The van der Waals surface area contributed by atoms with E-state index in [-0.39, 0.29) is 6.61 Å². The number of halogens is 1. The fourth-order valence-corrected chi connectivity index (χ4v) is 1.66. The molecule has 1 heterocycles. The highest BCUT2D eigenvalue weighted by atomic mass is 35.5. The summed E-state index contributed by atoms with van der Waals surface area (Å²) in [5.41, 5.74) is 1.56. The molecule has 0 bridgehead atoms. The van der Waals surface area contributed by atoms with Crippen LogP contribution in [0.2, 0.25) is 5.02 Å². The highest BCUT2D eigenvalue weighted by Crippen LogP contribution is 2.21. The lowest BCUT2D eigenvalue weighted by Gasteiger charge is -2.07. The largest absolute Gasteiger partial charge is 0.466 e. The van der Waals surface area contributed by atoms with Crippen LogP contribution in [-0.4, -0.2) is 29.7 Å². The first-order chi connectivity index (χ1) is 9.58. The van der Waals surface area contributed by atoms with Crippen molar-refractivity contribution in [2.24, 2.45) is 0 Å². The van der Waals surface area contributed by atoms with Crippen LogP contribution in [-0.2, 0) is 9.53 Å². The van der Waals surface area contributed by atoms with Crippen molar-refractivity contribution in [2.45, 2.75) is 6.92 Å². The van der Waals surface area contributed by atoms with E-state index >= 15 is 0 Å². The molecule has 0 amide bonds. The van der Waals surface area contributed by atoms with E-state index in [1.54, 1.807) is 18.2 Å². The Kier molecular flexibility index (Phi) is 4.53. The van der Waals surface area contributed by atoms with Crippen molar-refractivity contribution in [3.8, 4) is 17.3 Å². The van der Waals surface area contributed by atoms with Gasteiger partial charge in [0.2, 0.25) is 5.88 Å². The van der Waals surface area contributed by atoms with Gasteiger partial charge < -0.3 is 9.47 Å². The van der Waals surface area contributed by atoms with Gasteiger partial charge in [-0.25, -0.2) is 9.78 Å². The first-order valence-corrected chi connectivity index (χ1v) is 6.27. The molecule has 0 aliphatic carbocycles. The Balaban J connectivity index is 2.24.